The van der Waals surface area contributed by atoms with Gasteiger partial charge in [0.1, 0.15) is 11.6 Å². The van der Waals surface area contributed by atoms with Gasteiger partial charge in [0.05, 0.1) is 12.6 Å². The highest BCUT2D eigenvalue weighted by atomic mass is 35.5. The summed E-state index contributed by atoms with van der Waals surface area (Å²) in [6.45, 7) is 2.06. The molecule has 134 valence electrons. The highest BCUT2D eigenvalue weighted by molar-refractivity contribution is 6.31. The molecule has 4 rings (SSSR count). The summed E-state index contributed by atoms with van der Waals surface area (Å²) in [4.78, 5) is 9.48. The van der Waals surface area contributed by atoms with E-state index in [9.17, 15) is 0 Å². The third kappa shape index (κ3) is 3.71. The lowest BCUT2D eigenvalue weighted by molar-refractivity contribution is 0.415. The Morgan fingerprint density at radius 2 is 1.63 bits per heavy atom. The Balaban J connectivity index is 1.82. The van der Waals surface area contributed by atoms with Crippen LogP contribution in [0.15, 0.2) is 66.7 Å². The fourth-order valence-electron chi connectivity index (χ4n) is 2.84. The minimum absolute atomic E-state index is 0.645. The molecule has 0 spiro atoms. The maximum Gasteiger partial charge on any atom is 0.162 e. The average Bonchev–Trinajstić information content (AvgIpc) is 2.68. The first kappa shape index (κ1) is 17.3. The molecule has 4 nitrogen and oxygen atoms in total. The Labute approximate surface area is 162 Å². The summed E-state index contributed by atoms with van der Waals surface area (Å²) in [6, 6.07) is 21.5. The van der Waals surface area contributed by atoms with Gasteiger partial charge in [-0.05, 0) is 49.4 Å². The van der Waals surface area contributed by atoms with Crippen molar-refractivity contribution in [1.29, 1.82) is 0 Å². The van der Waals surface area contributed by atoms with Gasteiger partial charge in [-0.15, -0.1) is 0 Å². The molecule has 0 bridgehead atoms. The van der Waals surface area contributed by atoms with Crippen LogP contribution in [-0.2, 0) is 0 Å². The van der Waals surface area contributed by atoms with Crippen molar-refractivity contribution in [3.8, 4) is 17.1 Å². The number of aryl methyl sites for hydroxylation is 1. The number of benzene rings is 3. The molecular weight excluding hydrogens is 358 g/mol. The van der Waals surface area contributed by atoms with Gasteiger partial charge in [-0.3, -0.25) is 0 Å². The van der Waals surface area contributed by atoms with Gasteiger partial charge in [-0.2, -0.15) is 0 Å². The number of anilines is 2. The quantitative estimate of drug-likeness (QED) is 0.474. The predicted octanol–water partition coefficient (Wildman–Crippen LogP) is 6.01. The highest BCUT2D eigenvalue weighted by Crippen LogP contribution is 2.29. The fraction of sp³-hybridized carbons (Fsp3) is 0.0909. The summed E-state index contributed by atoms with van der Waals surface area (Å²) in [5.74, 6) is 2.19. The molecule has 0 aliphatic rings. The van der Waals surface area contributed by atoms with Crippen LogP contribution in [0.1, 0.15) is 5.56 Å². The van der Waals surface area contributed by atoms with Gasteiger partial charge in [0.15, 0.2) is 5.82 Å². The number of nitrogens with zero attached hydrogens (tertiary/aromatic N) is 2. The van der Waals surface area contributed by atoms with E-state index in [4.69, 9.17) is 26.3 Å². The van der Waals surface area contributed by atoms with E-state index in [1.165, 1.54) is 5.56 Å². The first-order valence-corrected chi connectivity index (χ1v) is 8.95. The number of ether oxygens (including phenoxy) is 1. The SMILES string of the molecule is COc1ccc(Nc2nc(-c3ccc(C)cc3)nc3cc(Cl)ccc23)cc1. The van der Waals surface area contributed by atoms with Gasteiger partial charge in [0.25, 0.3) is 0 Å². The van der Waals surface area contributed by atoms with Gasteiger partial charge in [-0.25, -0.2) is 9.97 Å². The molecule has 0 aliphatic heterocycles. The molecule has 0 radical (unpaired) electrons. The molecule has 0 saturated heterocycles. The highest BCUT2D eigenvalue weighted by Gasteiger charge is 2.11. The molecule has 1 heterocycles. The summed E-state index contributed by atoms with van der Waals surface area (Å²) in [5, 5.41) is 4.94. The smallest absolute Gasteiger partial charge is 0.162 e. The lowest BCUT2D eigenvalue weighted by atomic mass is 10.1. The number of halogens is 1. The van der Waals surface area contributed by atoms with Crippen LogP contribution in [0.3, 0.4) is 0 Å². The van der Waals surface area contributed by atoms with Crippen molar-refractivity contribution in [3.63, 3.8) is 0 Å². The van der Waals surface area contributed by atoms with E-state index in [-0.39, 0.29) is 0 Å². The Kier molecular flexibility index (Phi) is 4.65. The second kappa shape index (κ2) is 7.25. The van der Waals surface area contributed by atoms with Crippen LogP contribution in [0.5, 0.6) is 5.75 Å². The number of methoxy groups -OCH3 is 1. The summed E-state index contributed by atoms with van der Waals surface area (Å²) >= 11 is 6.19. The van der Waals surface area contributed by atoms with Crippen LogP contribution in [0.2, 0.25) is 5.02 Å². The molecule has 0 amide bonds. The summed E-state index contributed by atoms with van der Waals surface area (Å²) in [6.07, 6.45) is 0. The maximum atomic E-state index is 6.19. The van der Waals surface area contributed by atoms with Crippen molar-refractivity contribution in [2.75, 3.05) is 12.4 Å². The van der Waals surface area contributed by atoms with Gasteiger partial charge in [-0.1, -0.05) is 41.4 Å². The summed E-state index contributed by atoms with van der Waals surface area (Å²) < 4.78 is 5.22. The Morgan fingerprint density at radius 3 is 2.33 bits per heavy atom. The van der Waals surface area contributed by atoms with Gasteiger partial charge >= 0.3 is 0 Å². The van der Waals surface area contributed by atoms with Gasteiger partial charge in [0.2, 0.25) is 0 Å². The van der Waals surface area contributed by atoms with Crippen molar-refractivity contribution in [1.82, 2.24) is 9.97 Å². The van der Waals surface area contributed by atoms with E-state index < -0.39 is 0 Å². The zero-order chi connectivity index (χ0) is 18.8. The molecule has 1 aromatic heterocycles. The number of aromatic nitrogens is 2. The van der Waals surface area contributed by atoms with E-state index in [2.05, 4.69) is 24.4 Å². The molecule has 0 unspecified atom stereocenters. The molecule has 0 saturated carbocycles. The van der Waals surface area contributed by atoms with Crippen LogP contribution in [0, 0.1) is 6.92 Å². The first-order valence-electron chi connectivity index (χ1n) is 8.58. The fourth-order valence-corrected chi connectivity index (χ4v) is 3.01. The summed E-state index contributed by atoms with van der Waals surface area (Å²) in [7, 11) is 1.65. The Hall–Kier alpha value is -3.11. The molecule has 5 heteroatoms. The lowest BCUT2D eigenvalue weighted by Gasteiger charge is -2.12. The largest absolute Gasteiger partial charge is 0.497 e. The third-order valence-corrected chi connectivity index (χ3v) is 4.56. The Morgan fingerprint density at radius 1 is 0.889 bits per heavy atom. The predicted molar refractivity (Wildman–Crippen MR) is 111 cm³/mol. The van der Waals surface area contributed by atoms with Gasteiger partial charge in [0, 0.05) is 21.7 Å². The average molecular weight is 376 g/mol. The van der Waals surface area contributed by atoms with E-state index in [1.807, 2.05) is 54.6 Å². The van der Waals surface area contributed by atoms with Crippen LogP contribution in [0.4, 0.5) is 11.5 Å². The molecule has 27 heavy (non-hydrogen) atoms. The number of hydrogen-bond acceptors (Lipinski definition) is 4. The monoisotopic (exact) mass is 375 g/mol. The molecule has 1 N–H and O–H groups in total. The van der Waals surface area contributed by atoms with Crippen molar-refractivity contribution in [2.45, 2.75) is 6.92 Å². The Bertz CT molecular complexity index is 1090. The normalized spacial score (nSPS) is 10.8. The third-order valence-electron chi connectivity index (χ3n) is 4.32. The van der Waals surface area contributed by atoms with Crippen LogP contribution in [0.25, 0.3) is 22.3 Å². The number of nitrogens with one attached hydrogen (secondary N) is 1. The molecule has 0 fully saturated rings. The minimum atomic E-state index is 0.645. The molecular formula is C22H18ClN3O. The number of fused-ring (bicyclic) bond motifs is 1. The van der Waals surface area contributed by atoms with Crippen molar-refractivity contribution in [3.05, 3.63) is 77.3 Å². The van der Waals surface area contributed by atoms with E-state index in [1.54, 1.807) is 7.11 Å². The van der Waals surface area contributed by atoms with Crippen molar-refractivity contribution in [2.24, 2.45) is 0 Å². The minimum Gasteiger partial charge on any atom is -0.497 e. The number of rotatable bonds is 4. The molecule has 0 atom stereocenters. The van der Waals surface area contributed by atoms with Gasteiger partial charge < -0.3 is 10.1 Å². The topological polar surface area (TPSA) is 47.0 Å². The standard InChI is InChI=1S/C22H18ClN3O/c1-14-3-5-15(6-4-14)21-25-20-13-16(23)7-12-19(20)22(26-21)24-17-8-10-18(27-2)11-9-17/h3-13H,1-2H3,(H,24,25,26). The van der Waals surface area contributed by atoms with Crippen molar-refractivity contribution >= 4 is 34.0 Å². The number of hydrogen-bond donors (Lipinski definition) is 1. The van der Waals surface area contributed by atoms with Crippen LogP contribution < -0.4 is 10.1 Å². The van der Waals surface area contributed by atoms with Crippen LogP contribution in [-0.4, -0.2) is 17.1 Å². The van der Waals surface area contributed by atoms with E-state index in [0.717, 1.165) is 33.7 Å². The molecule has 4 aromatic rings. The second-order valence-electron chi connectivity index (χ2n) is 6.28. The lowest BCUT2D eigenvalue weighted by Crippen LogP contribution is -1.99. The molecule has 0 aliphatic carbocycles. The van der Waals surface area contributed by atoms with Crippen molar-refractivity contribution < 1.29 is 4.74 Å². The second-order valence-corrected chi connectivity index (χ2v) is 6.71. The van der Waals surface area contributed by atoms with E-state index >= 15 is 0 Å². The maximum absolute atomic E-state index is 6.19. The zero-order valence-corrected chi connectivity index (χ0v) is 15.8. The van der Waals surface area contributed by atoms with E-state index in [0.29, 0.717) is 10.8 Å². The zero-order valence-electron chi connectivity index (χ0n) is 15.0. The molecule has 3 aromatic carbocycles. The van der Waals surface area contributed by atoms with Crippen LogP contribution >= 0.6 is 11.6 Å². The summed E-state index contributed by atoms with van der Waals surface area (Å²) in [5.41, 5.74) is 3.86. The first-order chi connectivity index (χ1) is 13.1.